The second-order valence-corrected chi connectivity index (χ2v) is 4.67. The van der Waals surface area contributed by atoms with Crippen molar-refractivity contribution in [3.05, 3.63) is 47.8 Å². The van der Waals surface area contributed by atoms with Crippen LogP contribution in [0.3, 0.4) is 0 Å². The van der Waals surface area contributed by atoms with Crippen LogP contribution in [0.15, 0.2) is 36.5 Å². The highest BCUT2D eigenvalue weighted by molar-refractivity contribution is 5.92. The van der Waals surface area contributed by atoms with Crippen LogP contribution >= 0.6 is 0 Å². The Balaban J connectivity index is 1.67. The fourth-order valence-electron chi connectivity index (χ4n) is 2.17. The SMILES string of the molecule is Cn1cccc1C(=O)NCc1ccc2c(c1)OCCO2. The van der Waals surface area contributed by atoms with E-state index in [0.29, 0.717) is 25.5 Å². The molecular weight excluding hydrogens is 256 g/mol. The first kappa shape index (κ1) is 12.6. The van der Waals surface area contributed by atoms with Crippen molar-refractivity contribution in [1.29, 1.82) is 0 Å². The van der Waals surface area contributed by atoms with Crippen LogP contribution in [0.5, 0.6) is 11.5 Å². The third kappa shape index (κ3) is 2.47. The van der Waals surface area contributed by atoms with Crippen LogP contribution in [0, 0.1) is 0 Å². The number of benzene rings is 1. The van der Waals surface area contributed by atoms with E-state index < -0.39 is 0 Å². The maximum Gasteiger partial charge on any atom is 0.268 e. The average Bonchev–Trinajstić information content (AvgIpc) is 2.91. The van der Waals surface area contributed by atoms with E-state index in [-0.39, 0.29) is 5.91 Å². The number of ether oxygens (including phenoxy) is 2. The summed E-state index contributed by atoms with van der Waals surface area (Å²) in [5, 5.41) is 2.89. The van der Waals surface area contributed by atoms with Crippen molar-refractivity contribution in [2.45, 2.75) is 6.54 Å². The average molecular weight is 272 g/mol. The van der Waals surface area contributed by atoms with Crippen molar-refractivity contribution in [2.24, 2.45) is 7.05 Å². The lowest BCUT2D eigenvalue weighted by Crippen LogP contribution is -2.25. The molecule has 1 aliphatic heterocycles. The minimum Gasteiger partial charge on any atom is -0.486 e. The highest BCUT2D eigenvalue weighted by Gasteiger charge is 2.13. The molecule has 3 rings (SSSR count). The monoisotopic (exact) mass is 272 g/mol. The maximum absolute atomic E-state index is 12.0. The molecular formula is C15H16N2O3. The number of fused-ring (bicyclic) bond motifs is 1. The number of carbonyl (C=O) groups excluding carboxylic acids is 1. The Bertz CT molecular complexity index is 634. The number of carbonyl (C=O) groups is 1. The first-order valence-electron chi connectivity index (χ1n) is 6.52. The predicted octanol–water partition coefficient (Wildman–Crippen LogP) is 1.73. The number of amides is 1. The van der Waals surface area contributed by atoms with Crippen LogP contribution in [-0.2, 0) is 13.6 Å². The van der Waals surface area contributed by atoms with E-state index in [1.807, 2.05) is 37.5 Å². The summed E-state index contributed by atoms with van der Waals surface area (Å²) >= 11 is 0. The molecule has 0 radical (unpaired) electrons. The molecule has 2 heterocycles. The number of hydrogen-bond donors (Lipinski definition) is 1. The van der Waals surface area contributed by atoms with E-state index in [4.69, 9.17) is 9.47 Å². The zero-order valence-corrected chi connectivity index (χ0v) is 11.3. The molecule has 1 aromatic heterocycles. The fraction of sp³-hybridized carbons (Fsp3) is 0.267. The van der Waals surface area contributed by atoms with Crippen LogP contribution in [0.4, 0.5) is 0 Å². The Kier molecular flexibility index (Phi) is 3.33. The molecule has 5 nitrogen and oxygen atoms in total. The molecule has 1 amide bonds. The molecule has 0 bridgehead atoms. The molecule has 0 aliphatic carbocycles. The Morgan fingerprint density at radius 3 is 2.80 bits per heavy atom. The zero-order valence-electron chi connectivity index (χ0n) is 11.3. The summed E-state index contributed by atoms with van der Waals surface area (Å²) in [7, 11) is 1.85. The third-order valence-electron chi connectivity index (χ3n) is 3.24. The lowest BCUT2D eigenvalue weighted by atomic mass is 10.2. The first-order chi connectivity index (χ1) is 9.74. The normalized spacial score (nSPS) is 13.1. The van der Waals surface area contributed by atoms with Crippen LogP contribution < -0.4 is 14.8 Å². The number of nitrogens with one attached hydrogen (secondary N) is 1. The van der Waals surface area contributed by atoms with Crippen molar-refractivity contribution in [1.82, 2.24) is 9.88 Å². The second-order valence-electron chi connectivity index (χ2n) is 4.67. The molecule has 0 fully saturated rings. The van der Waals surface area contributed by atoms with Gasteiger partial charge in [-0.3, -0.25) is 4.79 Å². The molecule has 1 N–H and O–H groups in total. The van der Waals surface area contributed by atoms with Gasteiger partial charge >= 0.3 is 0 Å². The van der Waals surface area contributed by atoms with Crippen molar-refractivity contribution < 1.29 is 14.3 Å². The van der Waals surface area contributed by atoms with Crippen molar-refractivity contribution in [3.8, 4) is 11.5 Å². The maximum atomic E-state index is 12.0. The minimum absolute atomic E-state index is 0.0904. The molecule has 0 saturated heterocycles. The summed E-state index contributed by atoms with van der Waals surface area (Å²) in [6, 6.07) is 9.34. The van der Waals surface area contributed by atoms with Crippen LogP contribution in [0.25, 0.3) is 0 Å². The lowest BCUT2D eigenvalue weighted by Gasteiger charge is -2.19. The summed E-state index contributed by atoms with van der Waals surface area (Å²) in [6.07, 6.45) is 1.85. The van der Waals surface area contributed by atoms with Crippen molar-refractivity contribution >= 4 is 5.91 Å². The van der Waals surface area contributed by atoms with E-state index in [0.717, 1.165) is 17.1 Å². The van der Waals surface area contributed by atoms with Gasteiger partial charge in [-0.1, -0.05) is 6.07 Å². The Morgan fingerprint density at radius 1 is 1.25 bits per heavy atom. The van der Waals surface area contributed by atoms with Crippen molar-refractivity contribution in [3.63, 3.8) is 0 Å². The van der Waals surface area contributed by atoms with Crippen molar-refractivity contribution in [2.75, 3.05) is 13.2 Å². The Morgan fingerprint density at radius 2 is 2.05 bits per heavy atom. The van der Waals surface area contributed by atoms with Gasteiger partial charge in [0.2, 0.25) is 0 Å². The van der Waals surface area contributed by atoms with E-state index in [1.54, 1.807) is 10.6 Å². The second kappa shape index (κ2) is 5.28. The van der Waals surface area contributed by atoms with Crippen LogP contribution in [-0.4, -0.2) is 23.7 Å². The van der Waals surface area contributed by atoms with Gasteiger partial charge in [0.1, 0.15) is 18.9 Å². The Labute approximate surface area is 117 Å². The Hall–Kier alpha value is -2.43. The van der Waals surface area contributed by atoms with Gasteiger partial charge in [-0.2, -0.15) is 0 Å². The third-order valence-corrected chi connectivity index (χ3v) is 3.24. The molecule has 0 spiro atoms. The quantitative estimate of drug-likeness (QED) is 0.925. The zero-order chi connectivity index (χ0) is 13.9. The van der Waals surface area contributed by atoms with E-state index >= 15 is 0 Å². The number of rotatable bonds is 3. The van der Waals surface area contributed by atoms with E-state index in [9.17, 15) is 4.79 Å². The molecule has 0 atom stereocenters. The van der Waals surface area contributed by atoms with Gasteiger partial charge in [0.05, 0.1) is 0 Å². The number of aryl methyl sites for hydroxylation is 1. The van der Waals surface area contributed by atoms with Gasteiger partial charge in [0, 0.05) is 19.8 Å². The van der Waals surface area contributed by atoms with Gasteiger partial charge in [-0.25, -0.2) is 0 Å². The largest absolute Gasteiger partial charge is 0.486 e. The highest BCUT2D eigenvalue weighted by Crippen LogP contribution is 2.30. The number of hydrogen-bond acceptors (Lipinski definition) is 3. The van der Waals surface area contributed by atoms with Gasteiger partial charge in [0.15, 0.2) is 11.5 Å². The summed E-state index contributed by atoms with van der Waals surface area (Å²) < 4.78 is 12.8. The molecule has 20 heavy (non-hydrogen) atoms. The fourth-order valence-corrected chi connectivity index (χ4v) is 2.17. The van der Waals surface area contributed by atoms with E-state index in [1.165, 1.54) is 0 Å². The first-order valence-corrected chi connectivity index (χ1v) is 6.52. The van der Waals surface area contributed by atoms with Gasteiger partial charge < -0.3 is 19.4 Å². The van der Waals surface area contributed by atoms with Gasteiger partial charge in [-0.15, -0.1) is 0 Å². The number of aromatic nitrogens is 1. The molecule has 104 valence electrons. The minimum atomic E-state index is -0.0904. The standard InChI is InChI=1S/C15H16N2O3/c1-17-6-2-3-12(17)15(18)16-10-11-4-5-13-14(9-11)20-8-7-19-13/h2-6,9H,7-8,10H2,1H3,(H,16,18). The van der Waals surface area contributed by atoms with Crippen LogP contribution in [0.2, 0.25) is 0 Å². The molecule has 2 aromatic rings. The van der Waals surface area contributed by atoms with Gasteiger partial charge in [0.25, 0.3) is 5.91 Å². The molecule has 1 aromatic carbocycles. The summed E-state index contributed by atoms with van der Waals surface area (Å²) in [5.74, 6) is 1.41. The summed E-state index contributed by atoms with van der Waals surface area (Å²) in [6.45, 7) is 1.60. The van der Waals surface area contributed by atoms with Crippen LogP contribution in [0.1, 0.15) is 16.1 Å². The molecule has 0 saturated carbocycles. The lowest BCUT2D eigenvalue weighted by molar-refractivity contribution is 0.0942. The molecule has 0 unspecified atom stereocenters. The summed E-state index contributed by atoms with van der Waals surface area (Å²) in [4.78, 5) is 12.0. The van der Waals surface area contributed by atoms with E-state index in [2.05, 4.69) is 5.32 Å². The summed E-state index contributed by atoms with van der Waals surface area (Å²) in [5.41, 5.74) is 1.62. The number of nitrogens with zero attached hydrogens (tertiary/aromatic N) is 1. The topological polar surface area (TPSA) is 52.5 Å². The predicted molar refractivity (Wildman–Crippen MR) is 74.0 cm³/mol. The molecule has 5 heteroatoms. The smallest absolute Gasteiger partial charge is 0.268 e. The van der Waals surface area contributed by atoms with Gasteiger partial charge in [-0.05, 0) is 29.8 Å². The highest BCUT2D eigenvalue weighted by atomic mass is 16.6. The molecule has 1 aliphatic rings.